The summed E-state index contributed by atoms with van der Waals surface area (Å²) in [4.78, 5) is 54.9. The molecule has 2 atom stereocenters. The summed E-state index contributed by atoms with van der Waals surface area (Å²) >= 11 is 8.12. The number of likely N-dealkylation sites (tertiary alicyclic amines) is 1. The second-order valence-corrected chi connectivity index (χ2v) is 20.2. The first-order valence-electron chi connectivity index (χ1n) is 24.0. The molecule has 7 heterocycles. The summed E-state index contributed by atoms with van der Waals surface area (Å²) in [5, 5.41) is 17.6. The molecule has 0 radical (unpaired) electrons. The van der Waals surface area contributed by atoms with E-state index < -0.39 is 11.5 Å². The van der Waals surface area contributed by atoms with Crippen molar-refractivity contribution in [3.8, 4) is 16.1 Å². The van der Waals surface area contributed by atoms with E-state index in [0.717, 1.165) is 105 Å². The summed E-state index contributed by atoms with van der Waals surface area (Å²) in [7, 11) is 0. The molecule has 0 saturated carbocycles. The van der Waals surface area contributed by atoms with E-state index in [0.29, 0.717) is 41.6 Å². The van der Waals surface area contributed by atoms with Crippen LogP contribution in [0.1, 0.15) is 94.7 Å². The highest BCUT2D eigenvalue weighted by atomic mass is 35.5. The molecule has 360 valence electrons. The van der Waals surface area contributed by atoms with Crippen LogP contribution in [0.5, 0.6) is 0 Å². The Balaban J connectivity index is 0.000000261. The van der Waals surface area contributed by atoms with Gasteiger partial charge >= 0.3 is 0 Å². The number of aryl methyl sites for hydroxylation is 1. The lowest BCUT2D eigenvalue weighted by molar-refractivity contribution is -0.130. The van der Waals surface area contributed by atoms with Crippen LogP contribution in [-0.2, 0) is 21.4 Å². The monoisotopic (exact) mass is 961 g/mol. The van der Waals surface area contributed by atoms with Crippen LogP contribution >= 0.6 is 22.9 Å². The molecule has 3 saturated heterocycles. The number of carbonyl (C=O) groups is 2. The predicted molar refractivity (Wildman–Crippen MR) is 271 cm³/mol. The minimum Gasteiger partial charge on any atom is -0.391 e. The lowest BCUT2D eigenvalue weighted by atomic mass is 9.85. The molecule has 0 bridgehead atoms. The van der Waals surface area contributed by atoms with E-state index in [9.17, 15) is 19.5 Å². The van der Waals surface area contributed by atoms with Crippen molar-refractivity contribution in [2.45, 2.75) is 91.2 Å². The van der Waals surface area contributed by atoms with Gasteiger partial charge in [0.1, 0.15) is 11.6 Å². The van der Waals surface area contributed by atoms with Crippen LogP contribution in [0.15, 0.2) is 81.6 Å². The molecule has 1 unspecified atom stereocenters. The molecular formula is C52H64ClN9O5S. The highest BCUT2D eigenvalue weighted by Crippen LogP contribution is 2.44. The van der Waals surface area contributed by atoms with Crippen LogP contribution in [-0.4, -0.2) is 112 Å². The van der Waals surface area contributed by atoms with Crippen LogP contribution in [0, 0.1) is 12.8 Å². The first-order chi connectivity index (χ1) is 32.8. The highest BCUT2D eigenvalue weighted by Gasteiger charge is 2.39. The van der Waals surface area contributed by atoms with Crippen molar-refractivity contribution in [3.63, 3.8) is 0 Å². The van der Waals surface area contributed by atoms with Gasteiger partial charge in [0.15, 0.2) is 5.82 Å². The van der Waals surface area contributed by atoms with Crippen LogP contribution in [0.2, 0.25) is 5.02 Å². The lowest BCUT2D eigenvalue weighted by Crippen LogP contribution is -2.49. The van der Waals surface area contributed by atoms with Gasteiger partial charge in [-0.25, -0.2) is 4.98 Å². The Kier molecular flexibility index (Phi) is 15.3. The van der Waals surface area contributed by atoms with Crippen molar-refractivity contribution in [1.29, 1.82) is 0 Å². The molecule has 2 amide bonds. The van der Waals surface area contributed by atoms with Crippen molar-refractivity contribution < 1.29 is 19.2 Å². The minimum absolute atomic E-state index is 0.0207. The number of aromatic nitrogens is 4. The molecule has 2 N–H and O–H groups in total. The summed E-state index contributed by atoms with van der Waals surface area (Å²) in [5.41, 5.74) is 8.73. The number of β-amino-alcohol motifs (C(OH)–C–C–N with tert-alkyl or cyclic N) is 1. The van der Waals surface area contributed by atoms with Crippen molar-refractivity contribution in [2.75, 3.05) is 68.7 Å². The normalized spacial score (nSPS) is 18.3. The van der Waals surface area contributed by atoms with Gasteiger partial charge in [-0.1, -0.05) is 73.4 Å². The van der Waals surface area contributed by atoms with Crippen LogP contribution in [0.4, 0.5) is 11.5 Å². The summed E-state index contributed by atoms with van der Waals surface area (Å²) in [5.74, 6) is 2.76. The van der Waals surface area contributed by atoms with Gasteiger partial charge < -0.3 is 29.6 Å². The second kappa shape index (κ2) is 21.4. The van der Waals surface area contributed by atoms with E-state index in [1.165, 1.54) is 22.5 Å². The molecule has 0 aliphatic carbocycles. The second-order valence-electron chi connectivity index (χ2n) is 19.0. The third kappa shape index (κ3) is 10.5. The highest BCUT2D eigenvalue weighted by molar-refractivity contribution is 7.13. The van der Waals surface area contributed by atoms with E-state index in [2.05, 4.69) is 97.7 Å². The van der Waals surface area contributed by atoms with Gasteiger partial charge in [-0.05, 0) is 93.8 Å². The third-order valence-electron chi connectivity index (χ3n) is 13.6. The van der Waals surface area contributed by atoms with Gasteiger partial charge in [0.25, 0.3) is 5.56 Å². The van der Waals surface area contributed by atoms with Crippen molar-refractivity contribution in [2.24, 2.45) is 5.92 Å². The maximum Gasteiger partial charge on any atom is 0.282 e. The number of nitrogens with one attached hydrogen (secondary N) is 1. The number of benzene rings is 3. The van der Waals surface area contributed by atoms with Crippen molar-refractivity contribution in [3.05, 3.63) is 116 Å². The zero-order valence-electron chi connectivity index (χ0n) is 40.1. The Bertz CT molecular complexity index is 2760. The minimum atomic E-state index is -0.421. The number of nitrogens with zero attached hydrogens (tertiary/aromatic N) is 8. The van der Waals surface area contributed by atoms with Crippen LogP contribution in [0.3, 0.4) is 0 Å². The number of halogens is 1. The van der Waals surface area contributed by atoms with E-state index in [1.54, 1.807) is 22.3 Å². The number of amides is 2. The molecule has 4 aliphatic rings. The Morgan fingerprint density at radius 2 is 1.72 bits per heavy atom. The van der Waals surface area contributed by atoms with Crippen molar-refractivity contribution >= 4 is 57.7 Å². The van der Waals surface area contributed by atoms with E-state index in [4.69, 9.17) is 16.1 Å². The largest absolute Gasteiger partial charge is 0.391 e. The number of hydrogen-bond acceptors (Lipinski definition) is 12. The maximum absolute atomic E-state index is 13.0. The SMILES string of the molecule is CC1(C)c2ccc(N3CCN(CC4CCN(c5cc(CC(=O)N6CCC(O)C6)on5)CC4)CC3)cc2-n2c1nc(=O)c1c(Cl)cccc12.CCC.Cc1ncsc1-c1ccc([C@H](C)NC=O)cc1. The molecule has 16 heteroatoms. The van der Waals surface area contributed by atoms with Gasteiger partial charge in [-0.2, -0.15) is 4.98 Å². The number of hydrogen-bond donors (Lipinski definition) is 2. The molecule has 14 nitrogen and oxygen atoms in total. The first kappa shape index (κ1) is 48.8. The van der Waals surface area contributed by atoms with Crippen LogP contribution < -0.4 is 20.7 Å². The smallest absolute Gasteiger partial charge is 0.282 e. The average molecular weight is 963 g/mol. The average Bonchev–Trinajstić information content (AvgIpc) is 4.14. The zero-order valence-corrected chi connectivity index (χ0v) is 41.7. The zero-order chi connectivity index (χ0) is 48.1. The van der Waals surface area contributed by atoms with Gasteiger partial charge in [0, 0.05) is 70.7 Å². The molecule has 68 heavy (non-hydrogen) atoms. The number of anilines is 2. The third-order valence-corrected chi connectivity index (χ3v) is 14.9. The number of aliphatic hydroxyl groups excluding tert-OH is 1. The molecule has 3 aromatic heterocycles. The standard InChI is InChI=1S/C36H42ClN7O4.C13H14N2OS.C3H8/c1-36(2)27-7-6-24(18-30(27)44-29-5-3-4-28(37)33(29)34(47)38-35(36)44)41-16-14-40(15-17-41)21-23-8-11-42(12-9-23)31-19-26(48-39-31)20-32(46)43-13-10-25(45)22-43;1-9(14-7-16)11-3-5-12(6-4-11)13-10(2)15-8-17-13;1-3-2/h3-7,18-19,23,25,45H,8-17,20-22H2,1-2H3;3-9H,1-2H3,(H,14,16);3H2,1-2H3/t;9-;/m.0./s1. The summed E-state index contributed by atoms with van der Waals surface area (Å²) in [6.07, 6.45) is 4.57. The number of aliphatic hydroxyl groups is 1. The molecule has 3 aromatic carbocycles. The Morgan fingerprint density at radius 3 is 2.38 bits per heavy atom. The maximum atomic E-state index is 13.0. The topological polar surface area (TPSA) is 153 Å². The lowest BCUT2D eigenvalue weighted by Gasteiger charge is -2.39. The van der Waals surface area contributed by atoms with E-state index in [1.807, 2.05) is 49.7 Å². The summed E-state index contributed by atoms with van der Waals surface area (Å²) < 4.78 is 7.64. The van der Waals surface area contributed by atoms with E-state index >= 15 is 0 Å². The predicted octanol–water partition coefficient (Wildman–Crippen LogP) is 8.18. The molecular weight excluding hydrogens is 898 g/mol. The van der Waals surface area contributed by atoms with Gasteiger partial charge in [0.2, 0.25) is 12.3 Å². The molecule has 10 rings (SSSR count). The molecule has 0 spiro atoms. The number of rotatable bonds is 10. The number of fused-ring (bicyclic) bond motifs is 5. The fourth-order valence-corrected chi connectivity index (χ4v) is 10.9. The first-order valence-corrected chi connectivity index (χ1v) is 25.3. The Morgan fingerprint density at radius 1 is 0.985 bits per heavy atom. The Labute approximate surface area is 407 Å². The van der Waals surface area contributed by atoms with Crippen LogP contribution in [0.25, 0.3) is 27.0 Å². The number of piperazine rings is 1. The molecule has 6 aromatic rings. The van der Waals surface area contributed by atoms with Gasteiger partial charge in [-0.3, -0.25) is 23.9 Å². The molecule has 4 aliphatic heterocycles. The fourth-order valence-electron chi connectivity index (χ4n) is 9.80. The van der Waals surface area contributed by atoms with Gasteiger partial charge in [-0.15, -0.1) is 11.3 Å². The quantitative estimate of drug-likeness (QED) is 0.128. The summed E-state index contributed by atoms with van der Waals surface area (Å²) in [6, 6.07) is 22.4. The fraction of sp³-hybridized carbons (Fsp3) is 0.462. The number of piperidine rings is 1. The number of thiazole rings is 1. The summed E-state index contributed by atoms with van der Waals surface area (Å²) in [6.45, 7) is 20.4. The number of carbonyl (C=O) groups excluding carboxylic acids is 2. The van der Waals surface area contributed by atoms with Crippen molar-refractivity contribution in [1.82, 2.24) is 34.8 Å². The van der Waals surface area contributed by atoms with E-state index in [-0.39, 0.29) is 23.9 Å². The Hall–Kier alpha value is -5.61. The van der Waals surface area contributed by atoms with Gasteiger partial charge in [0.05, 0.1) is 61.7 Å². The molecule has 3 fully saturated rings.